The standard InChI is InChI=1S/C23H24N2O4/c1-15-4-7-19(12-16(15)2)20-14-25-22(29-20)11-10-21(26)24-13-17-5-8-18(9-6-17)23(27)28-3/h4-9,12,14H,10-11,13H2,1-3H3,(H,24,26). The SMILES string of the molecule is COC(=O)c1ccc(CNC(=O)CCc2ncc(-c3ccc(C)c(C)c3)o2)cc1. The van der Waals surface area contributed by atoms with Crippen LogP contribution in [0.15, 0.2) is 53.1 Å². The van der Waals surface area contributed by atoms with Gasteiger partial charge in [-0.2, -0.15) is 0 Å². The zero-order chi connectivity index (χ0) is 20.8. The van der Waals surface area contributed by atoms with E-state index in [-0.39, 0.29) is 18.3 Å². The van der Waals surface area contributed by atoms with Crippen LogP contribution in [0.2, 0.25) is 0 Å². The molecule has 0 atom stereocenters. The van der Waals surface area contributed by atoms with Gasteiger partial charge in [0.25, 0.3) is 0 Å². The van der Waals surface area contributed by atoms with Gasteiger partial charge in [-0.1, -0.05) is 24.3 Å². The lowest BCUT2D eigenvalue weighted by molar-refractivity contribution is -0.121. The van der Waals surface area contributed by atoms with Gasteiger partial charge in [0.05, 0.1) is 18.9 Å². The van der Waals surface area contributed by atoms with E-state index >= 15 is 0 Å². The molecule has 6 heteroatoms. The Hall–Kier alpha value is -3.41. The second-order valence-electron chi connectivity index (χ2n) is 6.88. The highest BCUT2D eigenvalue weighted by molar-refractivity contribution is 5.89. The monoisotopic (exact) mass is 392 g/mol. The van der Waals surface area contributed by atoms with Crippen molar-refractivity contribution >= 4 is 11.9 Å². The predicted octanol–water partition coefficient (Wildman–Crippen LogP) is 3.99. The van der Waals surface area contributed by atoms with Crippen molar-refractivity contribution in [2.75, 3.05) is 7.11 Å². The largest absolute Gasteiger partial charge is 0.465 e. The summed E-state index contributed by atoms with van der Waals surface area (Å²) in [5, 5.41) is 2.86. The number of aryl methyl sites for hydroxylation is 3. The number of esters is 1. The van der Waals surface area contributed by atoms with Crippen LogP contribution in [-0.2, 0) is 22.5 Å². The summed E-state index contributed by atoms with van der Waals surface area (Å²) >= 11 is 0. The molecule has 0 radical (unpaired) electrons. The fourth-order valence-corrected chi connectivity index (χ4v) is 2.84. The van der Waals surface area contributed by atoms with Gasteiger partial charge in [-0.3, -0.25) is 4.79 Å². The average molecular weight is 392 g/mol. The van der Waals surface area contributed by atoms with Gasteiger partial charge in [0, 0.05) is 24.9 Å². The molecule has 1 heterocycles. The van der Waals surface area contributed by atoms with Crippen LogP contribution in [0.5, 0.6) is 0 Å². The molecule has 0 fully saturated rings. The number of hydrogen-bond acceptors (Lipinski definition) is 5. The van der Waals surface area contributed by atoms with Crippen LogP contribution in [-0.4, -0.2) is 24.0 Å². The van der Waals surface area contributed by atoms with Crippen LogP contribution in [0, 0.1) is 13.8 Å². The summed E-state index contributed by atoms with van der Waals surface area (Å²) in [5.74, 6) is 0.768. The van der Waals surface area contributed by atoms with E-state index in [0.717, 1.165) is 11.1 Å². The van der Waals surface area contributed by atoms with Gasteiger partial charge in [0.1, 0.15) is 0 Å². The minimum Gasteiger partial charge on any atom is -0.465 e. The molecule has 29 heavy (non-hydrogen) atoms. The van der Waals surface area contributed by atoms with Crippen LogP contribution in [0.25, 0.3) is 11.3 Å². The van der Waals surface area contributed by atoms with Gasteiger partial charge in [0.2, 0.25) is 5.91 Å². The van der Waals surface area contributed by atoms with Gasteiger partial charge in [-0.25, -0.2) is 9.78 Å². The highest BCUT2D eigenvalue weighted by atomic mass is 16.5. The molecule has 6 nitrogen and oxygen atoms in total. The fourth-order valence-electron chi connectivity index (χ4n) is 2.84. The van der Waals surface area contributed by atoms with Gasteiger partial charge in [-0.05, 0) is 48.7 Å². The summed E-state index contributed by atoms with van der Waals surface area (Å²) in [4.78, 5) is 27.8. The van der Waals surface area contributed by atoms with E-state index < -0.39 is 0 Å². The van der Waals surface area contributed by atoms with E-state index in [2.05, 4.69) is 41.0 Å². The Morgan fingerprint density at radius 1 is 1.07 bits per heavy atom. The number of nitrogens with zero attached hydrogens (tertiary/aromatic N) is 1. The summed E-state index contributed by atoms with van der Waals surface area (Å²) in [7, 11) is 1.34. The highest BCUT2D eigenvalue weighted by Crippen LogP contribution is 2.23. The maximum atomic E-state index is 12.1. The van der Waals surface area contributed by atoms with E-state index in [9.17, 15) is 9.59 Å². The summed E-state index contributed by atoms with van der Waals surface area (Å²) in [6.45, 7) is 4.51. The first-order chi connectivity index (χ1) is 14.0. The van der Waals surface area contributed by atoms with E-state index in [1.165, 1.54) is 18.2 Å². The fraction of sp³-hybridized carbons (Fsp3) is 0.261. The molecule has 3 aromatic rings. The third-order valence-corrected chi connectivity index (χ3v) is 4.78. The maximum Gasteiger partial charge on any atom is 0.337 e. The minimum atomic E-state index is -0.383. The third kappa shape index (κ3) is 5.31. The first-order valence-electron chi connectivity index (χ1n) is 9.42. The number of aromatic nitrogens is 1. The van der Waals surface area contributed by atoms with Crippen molar-refractivity contribution in [3.8, 4) is 11.3 Å². The van der Waals surface area contributed by atoms with E-state index in [0.29, 0.717) is 30.2 Å². The van der Waals surface area contributed by atoms with Crippen molar-refractivity contribution < 1.29 is 18.7 Å². The number of carbonyl (C=O) groups excluding carboxylic acids is 2. The summed E-state index contributed by atoms with van der Waals surface area (Å²) in [5.41, 5.74) is 4.78. The van der Waals surface area contributed by atoms with Crippen LogP contribution in [0.1, 0.15) is 39.4 Å². The molecule has 1 aromatic heterocycles. The predicted molar refractivity (Wildman–Crippen MR) is 109 cm³/mol. The molecule has 150 valence electrons. The Morgan fingerprint density at radius 3 is 2.52 bits per heavy atom. The quantitative estimate of drug-likeness (QED) is 0.615. The molecule has 2 aromatic carbocycles. The average Bonchev–Trinajstić information content (AvgIpc) is 3.21. The molecule has 0 aliphatic heterocycles. The summed E-state index contributed by atoms with van der Waals surface area (Å²) < 4.78 is 10.5. The van der Waals surface area contributed by atoms with Gasteiger partial charge < -0.3 is 14.5 Å². The lowest BCUT2D eigenvalue weighted by Crippen LogP contribution is -2.23. The second-order valence-corrected chi connectivity index (χ2v) is 6.88. The number of oxazole rings is 1. The third-order valence-electron chi connectivity index (χ3n) is 4.78. The van der Waals surface area contributed by atoms with Crippen molar-refractivity contribution in [1.29, 1.82) is 0 Å². The highest BCUT2D eigenvalue weighted by Gasteiger charge is 2.10. The Balaban J connectivity index is 1.49. The lowest BCUT2D eigenvalue weighted by atomic mass is 10.1. The molecule has 3 rings (SSSR count). The number of hydrogen-bond donors (Lipinski definition) is 1. The summed E-state index contributed by atoms with van der Waals surface area (Å²) in [6.07, 6.45) is 2.41. The normalized spacial score (nSPS) is 10.6. The van der Waals surface area contributed by atoms with Crippen LogP contribution < -0.4 is 5.32 Å². The Morgan fingerprint density at radius 2 is 1.83 bits per heavy atom. The topological polar surface area (TPSA) is 81.4 Å². The second kappa shape index (κ2) is 9.19. The molecule has 0 bridgehead atoms. The van der Waals surface area contributed by atoms with E-state index in [4.69, 9.17) is 4.42 Å². The first kappa shape index (κ1) is 20.3. The summed E-state index contributed by atoms with van der Waals surface area (Å²) in [6, 6.07) is 13.1. The number of amides is 1. The van der Waals surface area contributed by atoms with Gasteiger partial charge >= 0.3 is 5.97 Å². The number of benzene rings is 2. The van der Waals surface area contributed by atoms with Crippen molar-refractivity contribution in [3.05, 3.63) is 76.8 Å². The van der Waals surface area contributed by atoms with Crippen LogP contribution in [0.3, 0.4) is 0 Å². The van der Waals surface area contributed by atoms with Gasteiger partial charge in [-0.15, -0.1) is 0 Å². The van der Waals surface area contributed by atoms with Gasteiger partial charge in [0.15, 0.2) is 11.7 Å². The zero-order valence-electron chi connectivity index (χ0n) is 16.8. The molecule has 1 N–H and O–H groups in total. The zero-order valence-corrected chi connectivity index (χ0v) is 16.8. The molecule has 1 amide bonds. The van der Waals surface area contributed by atoms with Crippen molar-refractivity contribution in [1.82, 2.24) is 10.3 Å². The van der Waals surface area contributed by atoms with Crippen molar-refractivity contribution in [3.63, 3.8) is 0 Å². The molecular formula is C23H24N2O4. The van der Waals surface area contributed by atoms with E-state index in [1.54, 1.807) is 30.5 Å². The smallest absolute Gasteiger partial charge is 0.337 e. The molecule has 0 aliphatic rings. The number of carbonyl (C=O) groups is 2. The van der Waals surface area contributed by atoms with Crippen molar-refractivity contribution in [2.24, 2.45) is 0 Å². The molecule has 0 saturated carbocycles. The van der Waals surface area contributed by atoms with Crippen LogP contribution >= 0.6 is 0 Å². The Kier molecular flexibility index (Phi) is 6.44. The number of nitrogens with one attached hydrogen (secondary N) is 1. The van der Waals surface area contributed by atoms with E-state index in [1.807, 2.05) is 6.07 Å². The lowest BCUT2D eigenvalue weighted by Gasteiger charge is -2.06. The molecule has 0 saturated heterocycles. The van der Waals surface area contributed by atoms with Crippen molar-refractivity contribution in [2.45, 2.75) is 33.2 Å². The maximum absolute atomic E-state index is 12.1. The molecule has 0 unspecified atom stereocenters. The Labute approximate surface area is 169 Å². The number of rotatable bonds is 7. The Bertz CT molecular complexity index is 1010. The van der Waals surface area contributed by atoms with Crippen LogP contribution in [0.4, 0.5) is 0 Å². The molecular weight excluding hydrogens is 368 g/mol. The number of ether oxygens (including phenoxy) is 1. The molecule has 0 aliphatic carbocycles. The number of methoxy groups -OCH3 is 1. The first-order valence-corrected chi connectivity index (χ1v) is 9.42. The molecule has 0 spiro atoms. The minimum absolute atomic E-state index is 0.0898.